The summed E-state index contributed by atoms with van der Waals surface area (Å²) < 4.78 is 0. The van der Waals surface area contributed by atoms with E-state index >= 15 is 0 Å². The highest BCUT2D eigenvalue weighted by atomic mass is 32.2. The Morgan fingerprint density at radius 2 is 2.08 bits per heavy atom. The summed E-state index contributed by atoms with van der Waals surface area (Å²) >= 11 is 1.98. The Hall–Kier alpha value is 0.270. The minimum absolute atomic E-state index is 0.355. The van der Waals surface area contributed by atoms with E-state index in [0.717, 1.165) is 5.75 Å². The molecule has 1 saturated heterocycles. The largest absolute Gasteiger partial charge is 0.327 e. The van der Waals surface area contributed by atoms with E-state index in [1.807, 2.05) is 11.8 Å². The molecule has 12 heavy (non-hydrogen) atoms. The van der Waals surface area contributed by atoms with E-state index in [-0.39, 0.29) is 0 Å². The highest BCUT2D eigenvalue weighted by Crippen LogP contribution is 2.09. The fourth-order valence-corrected chi connectivity index (χ4v) is 2.39. The quantitative estimate of drug-likeness (QED) is 0.657. The van der Waals surface area contributed by atoms with Crippen LogP contribution in [0, 0.1) is 0 Å². The number of nitrogens with two attached hydrogens (primary N) is 1. The van der Waals surface area contributed by atoms with Gasteiger partial charge in [0, 0.05) is 24.1 Å². The van der Waals surface area contributed by atoms with Gasteiger partial charge in [0.25, 0.3) is 0 Å². The lowest BCUT2D eigenvalue weighted by Crippen LogP contribution is -2.23. The van der Waals surface area contributed by atoms with Gasteiger partial charge in [-0.15, -0.1) is 0 Å². The Morgan fingerprint density at radius 3 is 2.67 bits per heavy atom. The van der Waals surface area contributed by atoms with E-state index in [2.05, 4.69) is 11.8 Å². The molecule has 2 N–H and O–H groups in total. The maximum atomic E-state index is 5.65. The minimum atomic E-state index is 0.355. The molecule has 0 radical (unpaired) electrons. The molecule has 1 atom stereocenters. The lowest BCUT2D eigenvalue weighted by atomic mass is 10.4. The van der Waals surface area contributed by atoms with Crippen LogP contribution < -0.4 is 5.73 Å². The molecule has 0 aromatic carbocycles. The fourth-order valence-electron chi connectivity index (χ4n) is 1.47. The number of rotatable bonds is 5. The van der Waals surface area contributed by atoms with Crippen LogP contribution in [-0.2, 0) is 0 Å². The van der Waals surface area contributed by atoms with E-state index in [1.54, 1.807) is 0 Å². The summed E-state index contributed by atoms with van der Waals surface area (Å²) in [7, 11) is 0. The van der Waals surface area contributed by atoms with Crippen LogP contribution in [0.4, 0.5) is 0 Å². The van der Waals surface area contributed by atoms with Gasteiger partial charge in [0.15, 0.2) is 0 Å². The first-order valence-electron chi connectivity index (χ1n) is 4.84. The zero-order valence-corrected chi connectivity index (χ0v) is 8.78. The summed E-state index contributed by atoms with van der Waals surface area (Å²) in [4.78, 5) is 2.55. The molecule has 1 heterocycles. The van der Waals surface area contributed by atoms with Crippen molar-refractivity contribution in [3.05, 3.63) is 0 Å². The SMILES string of the molecule is CC(N)CSCCN1CCCC1. The molecule has 0 amide bonds. The zero-order valence-electron chi connectivity index (χ0n) is 7.96. The second-order valence-electron chi connectivity index (χ2n) is 3.60. The normalized spacial score (nSPS) is 21.5. The van der Waals surface area contributed by atoms with Gasteiger partial charge in [-0.1, -0.05) is 0 Å². The molecular formula is C9H20N2S. The van der Waals surface area contributed by atoms with Crippen LogP contribution in [0.5, 0.6) is 0 Å². The number of likely N-dealkylation sites (tertiary alicyclic amines) is 1. The molecule has 0 bridgehead atoms. The van der Waals surface area contributed by atoms with E-state index in [1.165, 1.54) is 38.2 Å². The van der Waals surface area contributed by atoms with E-state index in [4.69, 9.17) is 5.73 Å². The standard InChI is InChI=1S/C9H20N2S/c1-9(10)8-12-7-6-11-4-2-3-5-11/h9H,2-8,10H2,1H3. The van der Waals surface area contributed by atoms with Crippen molar-refractivity contribution in [2.24, 2.45) is 5.73 Å². The van der Waals surface area contributed by atoms with Crippen molar-refractivity contribution in [3.8, 4) is 0 Å². The minimum Gasteiger partial charge on any atom is -0.327 e. The van der Waals surface area contributed by atoms with Gasteiger partial charge in [-0.25, -0.2) is 0 Å². The highest BCUT2D eigenvalue weighted by Gasteiger charge is 2.10. The van der Waals surface area contributed by atoms with Gasteiger partial charge in [-0.2, -0.15) is 11.8 Å². The van der Waals surface area contributed by atoms with Crippen LogP contribution in [0.15, 0.2) is 0 Å². The summed E-state index contributed by atoms with van der Waals surface area (Å²) in [5.74, 6) is 2.36. The third-order valence-electron chi connectivity index (χ3n) is 2.13. The Balaban J connectivity index is 1.88. The monoisotopic (exact) mass is 188 g/mol. The topological polar surface area (TPSA) is 29.3 Å². The van der Waals surface area contributed by atoms with Crippen LogP contribution in [-0.4, -0.2) is 42.1 Å². The number of hydrogen-bond donors (Lipinski definition) is 1. The van der Waals surface area contributed by atoms with E-state index < -0.39 is 0 Å². The van der Waals surface area contributed by atoms with Crippen LogP contribution in [0.25, 0.3) is 0 Å². The molecule has 3 heteroatoms. The summed E-state index contributed by atoms with van der Waals surface area (Å²) in [6.07, 6.45) is 2.80. The first-order chi connectivity index (χ1) is 5.79. The summed E-state index contributed by atoms with van der Waals surface area (Å²) in [6.45, 7) is 5.97. The molecule has 1 rings (SSSR count). The van der Waals surface area contributed by atoms with Gasteiger partial charge in [-0.3, -0.25) is 0 Å². The van der Waals surface area contributed by atoms with Gasteiger partial charge in [0.2, 0.25) is 0 Å². The summed E-state index contributed by atoms with van der Waals surface area (Å²) in [5.41, 5.74) is 5.65. The van der Waals surface area contributed by atoms with Crippen molar-refractivity contribution in [1.29, 1.82) is 0 Å². The molecule has 0 aromatic heterocycles. The van der Waals surface area contributed by atoms with Gasteiger partial charge in [-0.05, 0) is 32.9 Å². The van der Waals surface area contributed by atoms with Gasteiger partial charge in [0.05, 0.1) is 0 Å². The molecular weight excluding hydrogens is 168 g/mol. The number of nitrogens with zero attached hydrogens (tertiary/aromatic N) is 1. The molecule has 0 saturated carbocycles. The molecule has 1 fully saturated rings. The van der Waals surface area contributed by atoms with E-state index in [0.29, 0.717) is 6.04 Å². The van der Waals surface area contributed by atoms with Crippen molar-refractivity contribution < 1.29 is 0 Å². The Bertz CT molecular complexity index is 111. The first-order valence-corrected chi connectivity index (χ1v) is 6.00. The van der Waals surface area contributed by atoms with Gasteiger partial charge >= 0.3 is 0 Å². The second kappa shape index (κ2) is 5.84. The maximum Gasteiger partial charge on any atom is 0.0101 e. The van der Waals surface area contributed by atoms with Crippen LogP contribution >= 0.6 is 11.8 Å². The molecule has 1 aliphatic rings. The fraction of sp³-hybridized carbons (Fsp3) is 1.00. The van der Waals surface area contributed by atoms with E-state index in [9.17, 15) is 0 Å². The highest BCUT2D eigenvalue weighted by molar-refractivity contribution is 7.99. The maximum absolute atomic E-state index is 5.65. The Labute approximate surface area is 79.9 Å². The number of thioether (sulfide) groups is 1. The van der Waals surface area contributed by atoms with Crippen LogP contribution in [0.2, 0.25) is 0 Å². The third-order valence-corrected chi connectivity index (χ3v) is 3.36. The average molecular weight is 188 g/mol. The van der Waals surface area contributed by atoms with Crippen molar-refractivity contribution >= 4 is 11.8 Å². The number of hydrogen-bond acceptors (Lipinski definition) is 3. The second-order valence-corrected chi connectivity index (χ2v) is 4.75. The van der Waals surface area contributed by atoms with Crippen molar-refractivity contribution in [2.45, 2.75) is 25.8 Å². The van der Waals surface area contributed by atoms with Crippen LogP contribution in [0.1, 0.15) is 19.8 Å². The lowest BCUT2D eigenvalue weighted by molar-refractivity contribution is 0.362. The summed E-state index contributed by atoms with van der Waals surface area (Å²) in [5, 5.41) is 0. The zero-order chi connectivity index (χ0) is 8.81. The molecule has 0 aromatic rings. The predicted molar refractivity (Wildman–Crippen MR) is 56.6 cm³/mol. The third kappa shape index (κ3) is 4.33. The Kier molecular flexibility index (Phi) is 5.04. The predicted octanol–water partition coefficient (Wildman–Crippen LogP) is 1.16. The smallest absolute Gasteiger partial charge is 0.0101 e. The molecule has 1 unspecified atom stereocenters. The molecule has 2 nitrogen and oxygen atoms in total. The van der Waals surface area contributed by atoms with Crippen molar-refractivity contribution in [1.82, 2.24) is 4.90 Å². The van der Waals surface area contributed by atoms with Crippen molar-refractivity contribution in [3.63, 3.8) is 0 Å². The lowest BCUT2D eigenvalue weighted by Gasteiger charge is -2.14. The Morgan fingerprint density at radius 1 is 1.42 bits per heavy atom. The van der Waals surface area contributed by atoms with Gasteiger partial charge in [0.1, 0.15) is 0 Å². The average Bonchev–Trinajstić information content (AvgIpc) is 2.49. The molecule has 0 aliphatic carbocycles. The molecule has 1 aliphatic heterocycles. The van der Waals surface area contributed by atoms with Gasteiger partial charge < -0.3 is 10.6 Å². The molecule has 0 spiro atoms. The first kappa shape index (κ1) is 10.4. The van der Waals surface area contributed by atoms with Crippen molar-refractivity contribution in [2.75, 3.05) is 31.1 Å². The molecule has 72 valence electrons. The van der Waals surface area contributed by atoms with Crippen LogP contribution in [0.3, 0.4) is 0 Å². The summed E-state index contributed by atoms with van der Waals surface area (Å²) in [6, 6.07) is 0.355.